The Morgan fingerprint density at radius 1 is 1.32 bits per heavy atom. The maximum absolute atomic E-state index is 10.5. The fraction of sp³-hybridized carbons (Fsp3) is 0.714. The van der Waals surface area contributed by atoms with Crippen molar-refractivity contribution in [2.45, 2.75) is 38.6 Å². The molecular weight excluding hydrogens is 242 g/mol. The molecule has 1 saturated heterocycles. The van der Waals surface area contributed by atoms with Crippen molar-refractivity contribution in [2.75, 3.05) is 19.6 Å². The van der Waals surface area contributed by atoms with Crippen molar-refractivity contribution in [3.63, 3.8) is 0 Å². The van der Waals surface area contributed by atoms with Gasteiger partial charge >= 0.3 is 5.97 Å². The first-order chi connectivity index (χ1) is 9.24. The van der Waals surface area contributed by atoms with Gasteiger partial charge in [0, 0.05) is 25.4 Å². The molecule has 0 amide bonds. The Morgan fingerprint density at radius 3 is 2.74 bits per heavy atom. The Hall–Kier alpha value is -1.36. The number of hydrogen-bond acceptors (Lipinski definition) is 3. The second-order valence-electron chi connectivity index (χ2n) is 5.37. The number of aromatic nitrogens is 2. The summed E-state index contributed by atoms with van der Waals surface area (Å²) in [5, 5.41) is 8.68. The lowest BCUT2D eigenvalue weighted by Crippen LogP contribution is -2.34. The molecule has 19 heavy (non-hydrogen) atoms. The van der Waals surface area contributed by atoms with Gasteiger partial charge in [-0.15, -0.1) is 0 Å². The molecule has 1 fully saturated rings. The predicted molar refractivity (Wildman–Crippen MR) is 72.9 cm³/mol. The topological polar surface area (TPSA) is 58.4 Å². The summed E-state index contributed by atoms with van der Waals surface area (Å²) in [6.07, 6.45) is 10.3. The number of carboxylic acids is 1. The summed E-state index contributed by atoms with van der Waals surface area (Å²) in [7, 11) is 0. The smallest absolute Gasteiger partial charge is 0.303 e. The molecule has 1 aromatic rings. The summed E-state index contributed by atoms with van der Waals surface area (Å²) in [6, 6.07) is 0. The highest BCUT2D eigenvalue weighted by Crippen LogP contribution is 2.21. The lowest BCUT2D eigenvalue weighted by Gasteiger charge is -2.31. The van der Waals surface area contributed by atoms with Gasteiger partial charge in [0.15, 0.2) is 0 Å². The van der Waals surface area contributed by atoms with Crippen molar-refractivity contribution >= 4 is 5.97 Å². The van der Waals surface area contributed by atoms with Crippen LogP contribution >= 0.6 is 0 Å². The van der Waals surface area contributed by atoms with Crippen LogP contribution in [0.15, 0.2) is 18.7 Å². The molecule has 0 aliphatic carbocycles. The number of likely N-dealkylation sites (tertiary alicyclic amines) is 1. The largest absolute Gasteiger partial charge is 0.481 e. The van der Waals surface area contributed by atoms with Gasteiger partial charge in [0.05, 0.1) is 6.33 Å². The SMILES string of the molecule is O=C(O)CCC1CCN(CCCn2ccnc2)CC1. The molecule has 1 aliphatic heterocycles. The van der Waals surface area contributed by atoms with Crippen LogP contribution in [-0.4, -0.2) is 45.2 Å². The Labute approximate surface area is 114 Å². The van der Waals surface area contributed by atoms with Crippen LogP contribution < -0.4 is 0 Å². The van der Waals surface area contributed by atoms with E-state index in [0.717, 1.165) is 51.9 Å². The average Bonchev–Trinajstić information content (AvgIpc) is 2.91. The Morgan fingerprint density at radius 2 is 2.11 bits per heavy atom. The first kappa shape index (κ1) is 14.1. The van der Waals surface area contributed by atoms with Gasteiger partial charge in [0.1, 0.15) is 0 Å². The van der Waals surface area contributed by atoms with Gasteiger partial charge in [-0.3, -0.25) is 4.79 Å². The van der Waals surface area contributed by atoms with Crippen LogP contribution in [0.25, 0.3) is 0 Å². The summed E-state index contributed by atoms with van der Waals surface area (Å²) in [5.41, 5.74) is 0. The van der Waals surface area contributed by atoms with E-state index in [1.807, 2.05) is 18.7 Å². The molecule has 106 valence electrons. The number of hydrogen-bond donors (Lipinski definition) is 1. The average molecular weight is 265 g/mol. The minimum Gasteiger partial charge on any atom is -0.481 e. The van der Waals surface area contributed by atoms with E-state index in [0.29, 0.717) is 12.3 Å². The highest BCUT2D eigenvalue weighted by Gasteiger charge is 2.19. The third-order valence-corrected chi connectivity index (χ3v) is 3.92. The number of aliphatic carboxylic acids is 1. The lowest BCUT2D eigenvalue weighted by atomic mass is 9.92. The zero-order valence-corrected chi connectivity index (χ0v) is 11.4. The van der Waals surface area contributed by atoms with Crippen LogP contribution in [0.1, 0.15) is 32.1 Å². The summed E-state index contributed by atoms with van der Waals surface area (Å²) in [4.78, 5) is 17.1. The molecule has 1 aromatic heterocycles. The number of carbonyl (C=O) groups is 1. The zero-order valence-electron chi connectivity index (χ0n) is 11.4. The molecule has 5 nitrogen and oxygen atoms in total. The molecule has 0 saturated carbocycles. The number of aryl methyl sites for hydroxylation is 1. The van der Waals surface area contributed by atoms with Crippen molar-refractivity contribution in [3.05, 3.63) is 18.7 Å². The highest BCUT2D eigenvalue weighted by molar-refractivity contribution is 5.66. The minimum absolute atomic E-state index is 0.325. The number of rotatable bonds is 7. The quantitative estimate of drug-likeness (QED) is 0.817. The molecule has 1 N–H and O–H groups in total. The molecule has 0 aromatic carbocycles. The second kappa shape index (κ2) is 7.28. The van der Waals surface area contributed by atoms with E-state index < -0.39 is 5.97 Å². The summed E-state index contributed by atoms with van der Waals surface area (Å²) >= 11 is 0. The fourth-order valence-electron chi connectivity index (χ4n) is 2.72. The predicted octanol–water partition coefficient (Wildman–Crippen LogP) is 1.85. The normalized spacial score (nSPS) is 17.7. The number of carboxylic acid groups (broad SMARTS) is 1. The molecule has 2 rings (SSSR count). The zero-order chi connectivity index (χ0) is 13.5. The number of imidazole rings is 1. The third-order valence-electron chi connectivity index (χ3n) is 3.92. The monoisotopic (exact) mass is 265 g/mol. The van der Waals surface area contributed by atoms with Crippen LogP contribution in [0.3, 0.4) is 0 Å². The maximum Gasteiger partial charge on any atom is 0.303 e. The van der Waals surface area contributed by atoms with Gasteiger partial charge in [-0.05, 0) is 51.2 Å². The van der Waals surface area contributed by atoms with E-state index in [1.165, 1.54) is 0 Å². The molecule has 0 unspecified atom stereocenters. The Kier molecular flexibility index (Phi) is 5.39. The standard InChI is InChI=1S/C14H23N3O2/c18-14(19)3-2-13-4-9-16(10-5-13)7-1-8-17-11-6-15-12-17/h6,11-13H,1-5,7-10H2,(H,18,19). The fourth-order valence-corrected chi connectivity index (χ4v) is 2.72. The van der Waals surface area contributed by atoms with Crippen molar-refractivity contribution in [1.29, 1.82) is 0 Å². The molecule has 1 aliphatic rings. The van der Waals surface area contributed by atoms with Crippen LogP contribution in [0, 0.1) is 5.92 Å². The molecular formula is C14H23N3O2. The van der Waals surface area contributed by atoms with Crippen LogP contribution in [0.5, 0.6) is 0 Å². The van der Waals surface area contributed by atoms with Crippen LogP contribution in [0.4, 0.5) is 0 Å². The summed E-state index contributed by atoms with van der Waals surface area (Å²) in [6.45, 7) is 4.39. The van der Waals surface area contributed by atoms with E-state index >= 15 is 0 Å². The van der Waals surface area contributed by atoms with Gasteiger partial charge in [0.2, 0.25) is 0 Å². The Bertz CT molecular complexity index is 370. The van der Waals surface area contributed by atoms with Crippen molar-refractivity contribution in [1.82, 2.24) is 14.5 Å². The molecule has 5 heteroatoms. The van der Waals surface area contributed by atoms with Crippen LogP contribution in [-0.2, 0) is 11.3 Å². The lowest BCUT2D eigenvalue weighted by molar-refractivity contribution is -0.137. The van der Waals surface area contributed by atoms with Gasteiger partial charge < -0.3 is 14.6 Å². The second-order valence-corrected chi connectivity index (χ2v) is 5.37. The van der Waals surface area contributed by atoms with Gasteiger partial charge in [-0.1, -0.05) is 0 Å². The van der Waals surface area contributed by atoms with Crippen molar-refractivity contribution < 1.29 is 9.90 Å². The van der Waals surface area contributed by atoms with E-state index in [9.17, 15) is 4.79 Å². The minimum atomic E-state index is -0.664. The molecule has 0 spiro atoms. The molecule has 2 heterocycles. The van der Waals surface area contributed by atoms with E-state index in [1.54, 1.807) is 0 Å². The third kappa shape index (κ3) is 5.03. The van der Waals surface area contributed by atoms with E-state index in [4.69, 9.17) is 5.11 Å². The first-order valence-corrected chi connectivity index (χ1v) is 7.14. The first-order valence-electron chi connectivity index (χ1n) is 7.14. The Balaban J connectivity index is 1.57. The molecule has 0 bridgehead atoms. The van der Waals surface area contributed by atoms with E-state index in [-0.39, 0.29) is 0 Å². The molecule has 0 atom stereocenters. The maximum atomic E-state index is 10.5. The van der Waals surface area contributed by atoms with Crippen molar-refractivity contribution in [2.24, 2.45) is 5.92 Å². The summed E-state index contributed by atoms with van der Waals surface area (Å²) < 4.78 is 2.11. The van der Waals surface area contributed by atoms with Crippen molar-refractivity contribution in [3.8, 4) is 0 Å². The van der Waals surface area contributed by atoms with Crippen LogP contribution in [0.2, 0.25) is 0 Å². The highest BCUT2D eigenvalue weighted by atomic mass is 16.4. The van der Waals surface area contributed by atoms with Gasteiger partial charge in [-0.25, -0.2) is 4.98 Å². The van der Waals surface area contributed by atoms with Gasteiger partial charge in [0.25, 0.3) is 0 Å². The van der Waals surface area contributed by atoms with Gasteiger partial charge in [-0.2, -0.15) is 0 Å². The number of piperidine rings is 1. The summed E-state index contributed by atoms with van der Waals surface area (Å²) in [5.74, 6) is -0.0521. The number of nitrogens with zero attached hydrogens (tertiary/aromatic N) is 3. The molecule has 0 radical (unpaired) electrons. The van der Waals surface area contributed by atoms with E-state index in [2.05, 4.69) is 14.5 Å².